The van der Waals surface area contributed by atoms with Crippen molar-refractivity contribution in [3.8, 4) is 0 Å². The van der Waals surface area contributed by atoms with E-state index in [9.17, 15) is 13.2 Å². The van der Waals surface area contributed by atoms with Crippen molar-refractivity contribution in [2.45, 2.75) is 24.7 Å². The van der Waals surface area contributed by atoms with E-state index >= 15 is 0 Å². The molecule has 0 aromatic heterocycles. The summed E-state index contributed by atoms with van der Waals surface area (Å²) in [7, 11) is -2.17. The molecule has 1 aromatic carbocycles. The predicted molar refractivity (Wildman–Crippen MR) is 73.4 cm³/mol. The summed E-state index contributed by atoms with van der Waals surface area (Å²) in [4.78, 5) is 13.3. The minimum Gasteiger partial charge on any atom is -0.397 e. The van der Waals surface area contributed by atoms with Crippen LogP contribution in [0.1, 0.15) is 18.9 Å². The first kappa shape index (κ1) is 13.8. The van der Waals surface area contributed by atoms with Gasteiger partial charge in [-0.2, -0.15) is 0 Å². The van der Waals surface area contributed by atoms with E-state index in [1.807, 2.05) is 0 Å². The summed E-state index contributed by atoms with van der Waals surface area (Å²) in [6, 6.07) is 2.98. The number of sulfonamides is 1. The number of carbonyl (C=O) groups is 1. The molecule has 0 atom stereocenters. The molecule has 0 bridgehead atoms. The fourth-order valence-electron chi connectivity index (χ4n) is 2.34. The lowest BCUT2D eigenvalue weighted by molar-refractivity contribution is -0.116. The molecule has 3 N–H and O–H groups in total. The number of rotatable bonds is 2. The number of nitrogen functional groups attached to an aromatic ring is 1. The van der Waals surface area contributed by atoms with Crippen LogP contribution in [0.25, 0.3) is 0 Å². The molecule has 1 heterocycles. The van der Waals surface area contributed by atoms with Crippen molar-refractivity contribution in [2.75, 3.05) is 24.2 Å². The maximum absolute atomic E-state index is 11.8. The van der Waals surface area contributed by atoms with E-state index < -0.39 is 10.0 Å². The van der Waals surface area contributed by atoms with Crippen LogP contribution in [0.15, 0.2) is 17.0 Å². The fraction of sp³-hybridized carbons (Fsp3) is 0.417. The Bertz CT molecular complexity index is 625. The molecule has 0 aliphatic carbocycles. The lowest BCUT2D eigenvalue weighted by Crippen LogP contribution is -2.34. The largest absolute Gasteiger partial charge is 0.397 e. The number of hydrogen-bond donors (Lipinski definition) is 2. The van der Waals surface area contributed by atoms with E-state index in [0.717, 1.165) is 18.4 Å². The third kappa shape index (κ3) is 2.43. The lowest BCUT2D eigenvalue weighted by Gasteiger charge is -2.30. The molecule has 0 radical (unpaired) electrons. The summed E-state index contributed by atoms with van der Waals surface area (Å²) in [5.74, 6) is -0.0862. The zero-order valence-corrected chi connectivity index (χ0v) is 11.8. The maximum atomic E-state index is 11.8. The van der Waals surface area contributed by atoms with E-state index in [2.05, 4.69) is 4.72 Å². The number of benzene rings is 1. The standard InChI is InChI=1S/C12H17N3O3S/c1-8(16)15-5-3-4-9-6-10(19(17,18)14-2)7-11(13)12(9)15/h6-7,14H,3-5,13H2,1-2H3. The molecule has 1 aliphatic heterocycles. The molecule has 7 heteroatoms. The minimum atomic E-state index is -3.53. The van der Waals surface area contributed by atoms with Crippen LogP contribution in [0, 0.1) is 0 Å². The highest BCUT2D eigenvalue weighted by molar-refractivity contribution is 7.89. The van der Waals surface area contributed by atoms with Gasteiger partial charge in [0.2, 0.25) is 15.9 Å². The second kappa shape index (κ2) is 4.82. The summed E-state index contributed by atoms with van der Waals surface area (Å²) >= 11 is 0. The Balaban J connectivity index is 2.60. The van der Waals surface area contributed by atoms with Gasteiger partial charge in [-0.25, -0.2) is 13.1 Å². The normalized spacial score (nSPS) is 15.2. The Morgan fingerprint density at radius 1 is 1.42 bits per heavy atom. The third-order valence-corrected chi connectivity index (χ3v) is 4.64. The highest BCUT2D eigenvalue weighted by Crippen LogP contribution is 2.35. The Hall–Kier alpha value is -1.60. The molecule has 1 amide bonds. The second-order valence-corrected chi connectivity index (χ2v) is 6.39. The minimum absolute atomic E-state index is 0.0862. The topological polar surface area (TPSA) is 92.5 Å². The second-order valence-electron chi connectivity index (χ2n) is 4.50. The first-order valence-corrected chi connectivity index (χ1v) is 7.49. The summed E-state index contributed by atoms with van der Waals surface area (Å²) in [5.41, 5.74) is 7.70. The summed E-state index contributed by atoms with van der Waals surface area (Å²) < 4.78 is 25.9. The van der Waals surface area contributed by atoms with Crippen LogP contribution in [0.3, 0.4) is 0 Å². The molecular formula is C12H17N3O3S. The van der Waals surface area contributed by atoms with Gasteiger partial charge in [-0.1, -0.05) is 0 Å². The van der Waals surface area contributed by atoms with Crippen LogP contribution in [0.5, 0.6) is 0 Å². The quantitative estimate of drug-likeness (QED) is 0.772. The van der Waals surface area contributed by atoms with E-state index in [1.165, 1.54) is 20.0 Å². The van der Waals surface area contributed by atoms with Gasteiger partial charge in [0.1, 0.15) is 0 Å². The zero-order valence-electron chi connectivity index (χ0n) is 10.9. The van der Waals surface area contributed by atoms with Crippen molar-refractivity contribution >= 4 is 27.3 Å². The monoisotopic (exact) mass is 283 g/mol. The molecular weight excluding hydrogens is 266 g/mol. The molecule has 19 heavy (non-hydrogen) atoms. The smallest absolute Gasteiger partial charge is 0.240 e. The third-order valence-electron chi connectivity index (χ3n) is 3.25. The van der Waals surface area contributed by atoms with Crippen molar-refractivity contribution in [1.29, 1.82) is 0 Å². The van der Waals surface area contributed by atoms with Gasteiger partial charge in [0.15, 0.2) is 0 Å². The van der Waals surface area contributed by atoms with Crippen LogP contribution in [-0.2, 0) is 21.2 Å². The van der Waals surface area contributed by atoms with Crippen molar-refractivity contribution < 1.29 is 13.2 Å². The lowest BCUT2D eigenvalue weighted by atomic mass is 10.0. The highest BCUT2D eigenvalue weighted by Gasteiger charge is 2.25. The number of carbonyl (C=O) groups excluding carboxylic acids is 1. The molecule has 1 aliphatic rings. The number of nitrogens with zero attached hydrogens (tertiary/aromatic N) is 1. The first-order chi connectivity index (χ1) is 8.86. The average molecular weight is 283 g/mol. The number of anilines is 2. The number of nitrogens with one attached hydrogen (secondary N) is 1. The number of fused-ring (bicyclic) bond motifs is 1. The Morgan fingerprint density at radius 2 is 2.11 bits per heavy atom. The number of hydrogen-bond acceptors (Lipinski definition) is 4. The molecule has 104 valence electrons. The van der Waals surface area contributed by atoms with Gasteiger partial charge in [-0.3, -0.25) is 4.79 Å². The molecule has 0 saturated carbocycles. The van der Waals surface area contributed by atoms with Crippen molar-refractivity contribution in [3.63, 3.8) is 0 Å². The van der Waals surface area contributed by atoms with Crippen LogP contribution in [-0.4, -0.2) is 27.9 Å². The Kier molecular flexibility index (Phi) is 3.51. The predicted octanol–water partition coefficient (Wildman–Crippen LogP) is 0.476. The Morgan fingerprint density at radius 3 is 2.68 bits per heavy atom. The molecule has 2 rings (SSSR count). The van der Waals surface area contributed by atoms with Crippen molar-refractivity contribution in [3.05, 3.63) is 17.7 Å². The molecule has 6 nitrogen and oxygen atoms in total. The number of aryl methyl sites for hydroxylation is 1. The number of amides is 1. The van der Waals surface area contributed by atoms with Gasteiger partial charge in [-0.15, -0.1) is 0 Å². The summed E-state index contributed by atoms with van der Waals surface area (Å²) in [6.45, 7) is 2.09. The average Bonchev–Trinajstić information content (AvgIpc) is 2.37. The van der Waals surface area contributed by atoms with Crippen LogP contribution >= 0.6 is 0 Å². The molecule has 1 aromatic rings. The van der Waals surface area contributed by atoms with Crippen LogP contribution in [0.2, 0.25) is 0 Å². The fourth-order valence-corrected chi connectivity index (χ4v) is 3.15. The van der Waals surface area contributed by atoms with Gasteiger partial charge in [0.05, 0.1) is 16.3 Å². The highest BCUT2D eigenvalue weighted by atomic mass is 32.2. The van der Waals surface area contributed by atoms with Crippen molar-refractivity contribution in [2.24, 2.45) is 0 Å². The molecule has 0 spiro atoms. The van der Waals surface area contributed by atoms with Gasteiger partial charge in [0, 0.05) is 13.5 Å². The van der Waals surface area contributed by atoms with Crippen molar-refractivity contribution in [1.82, 2.24) is 4.72 Å². The van der Waals surface area contributed by atoms with Gasteiger partial charge in [0.25, 0.3) is 0 Å². The van der Waals surface area contributed by atoms with E-state index in [4.69, 9.17) is 5.73 Å². The molecule has 0 fully saturated rings. The van der Waals surface area contributed by atoms with Gasteiger partial charge < -0.3 is 10.6 Å². The van der Waals surface area contributed by atoms with E-state index in [0.29, 0.717) is 17.9 Å². The van der Waals surface area contributed by atoms with E-state index in [-0.39, 0.29) is 10.8 Å². The first-order valence-electron chi connectivity index (χ1n) is 6.01. The SMILES string of the molecule is CNS(=O)(=O)c1cc(N)c2c(c1)CCCN2C(C)=O. The Labute approximate surface area is 112 Å². The molecule has 0 saturated heterocycles. The molecule has 0 unspecified atom stereocenters. The van der Waals surface area contributed by atoms with Gasteiger partial charge >= 0.3 is 0 Å². The van der Waals surface area contributed by atoms with E-state index in [1.54, 1.807) is 11.0 Å². The number of nitrogens with two attached hydrogens (primary N) is 1. The van der Waals surface area contributed by atoms with Crippen LogP contribution in [0.4, 0.5) is 11.4 Å². The van der Waals surface area contributed by atoms with Crippen LogP contribution < -0.4 is 15.4 Å². The van der Waals surface area contributed by atoms with Gasteiger partial charge in [-0.05, 0) is 37.6 Å². The summed E-state index contributed by atoms with van der Waals surface area (Å²) in [5, 5.41) is 0. The maximum Gasteiger partial charge on any atom is 0.240 e. The zero-order chi connectivity index (χ0) is 14.2. The summed E-state index contributed by atoms with van der Waals surface area (Å²) in [6.07, 6.45) is 1.52.